The highest BCUT2D eigenvalue weighted by Gasteiger charge is 2.09. The number of hydrogen-bond acceptors (Lipinski definition) is 3. The van der Waals surface area contributed by atoms with Gasteiger partial charge in [0.25, 0.3) is 0 Å². The molecule has 0 aliphatic heterocycles. The number of aryl methyl sites for hydroxylation is 1. The zero-order valence-corrected chi connectivity index (χ0v) is 9.05. The monoisotopic (exact) mass is 215 g/mol. The van der Waals surface area contributed by atoms with Crippen LogP contribution in [0.25, 0.3) is 0 Å². The van der Waals surface area contributed by atoms with Crippen LogP contribution >= 0.6 is 0 Å². The van der Waals surface area contributed by atoms with E-state index in [4.69, 9.17) is 5.73 Å². The zero-order valence-electron chi connectivity index (χ0n) is 9.05. The molecule has 1 heterocycles. The van der Waals surface area contributed by atoms with Gasteiger partial charge in [-0.15, -0.1) is 0 Å². The number of hydrogen-bond donors (Lipinski definition) is 1. The van der Waals surface area contributed by atoms with Gasteiger partial charge in [0, 0.05) is 30.7 Å². The molecule has 0 fully saturated rings. The van der Waals surface area contributed by atoms with Crippen molar-refractivity contribution in [2.75, 3.05) is 5.73 Å². The van der Waals surface area contributed by atoms with Gasteiger partial charge in [0.2, 0.25) is 0 Å². The van der Waals surface area contributed by atoms with Gasteiger partial charge < -0.3 is 10.3 Å². The summed E-state index contributed by atoms with van der Waals surface area (Å²) < 4.78 is 1.84. The maximum Gasteiger partial charge on any atom is 0.170 e. The topological polar surface area (TPSA) is 60.9 Å². The molecule has 0 atom stereocenters. The van der Waals surface area contributed by atoms with Crippen LogP contribution in [0, 0.1) is 0 Å². The van der Waals surface area contributed by atoms with E-state index in [2.05, 4.69) is 4.98 Å². The first-order valence-corrected chi connectivity index (χ1v) is 5.02. The highest BCUT2D eigenvalue weighted by atomic mass is 16.1. The molecule has 4 nitrogen and oxygen atoms in total. The molecule has 1 aromatic heterocycles. The van der Waals surface area contributed by atoms with Gasteiger partial charge in [0.15, 0.2) is 5.78 Å². The minimum atomic E-state index is 0.0503. The molecular formula is C12H13N3O. The normalized spacial score (nSPS) is 10.3. The van der Waals surface area contributed by atoms with Crippen molar-refractivity contribution in [3.63, 3.8) is 0 Å². The highest BCUT2D eigenvalue weighted by molar-refractivity contribution is 5.97. The summed E-state index contributed by atoms with van der Waals surface area (Å²) in [5.74, 6) is 0.816. The van der Waals surface area contributed by atoms with Gasteiger partial charge in [-0.1, -0.05) is 0 Å². The first-order chi connectivity index (χ1) is 7.66. The number of carbonyl (C=O) groups is 1. The Morgan fingerprint density at radius 2 is 2.06 bits per heavy atom. The third-order valence-electron chi connectivity index (χ3n) is 2.47. The largest absolute Gasteiger partial charge is 0.399 e. The molecule has 1 aromatic carbocycles. The van der Waals surface area contributed by atoms with Gasteiger partial charge >= 0.3 is 0 Å². The van der Waals surface area contributed by atoms with Gasteiger partial charge in [-0.05, 0) is 24.3 Å². The lowest BCUT2D eigenvalue weighted by molar-refractivity contribution is 0.0990. The van der Waals surface area contributed by atoms with Gasteiger partial charge in [-0.3, -0.25) is 4.79 Å². The number of rotatable bonds is 3. The van der Waals surface area contributed by atoms with Crippen molar-refractivity contribution in [2.45, 2.75) is 6.42 Å². The van der Waals surface area contributed by atoms with E-state index < -0.39 is 0 Å². The summed E-state index contributed by atoms with van der Waals surface area (Å²) in [6.07, 6.45) is 3.82. The molecule has 2 rings (SSSR count). The molecule has 2 N–H and O–H groups in total. The number of anilines is 1. The van der Waals surface area contributed by atoms with E-state index in [0.29, 0.717) is 17.7 Å². The fourth-order valence-electron chi connectivity index (χ4n) is 1.48. The summed E-state index contributed by atoms with van der Waals surface area (Å²) in [6, 6.07) is 6.93. The molecule has 16 heavy (non-hydrogen) atoms. The first-order valence-electron chi connectivity index (χ1n) is 5.02. The van der Waals surface area contributed by atoms with Crippen molar-refractivity contribution in [1.82, 2.24) is 9.55 Å². The second-order valence-corrected chi connectivity index (χ2v) is 3.68. The quantitative estimate of drug-likeness (QED) is 0.622. The predicted molar refractivity (Wildman–Crippen MR) is 62.1 cm³/mol. The van der Waals surface area contributed by atoms with E-state index in [1.807, 2.05) is 17.8 Å². The molecule has 0 aliphatic rings. The number of benzene rings is 1. The van der Waals surface area contributed by atoms with Crippen LogP contribution in [0.4, 0.5) is 5.69 Å². The summed E-state index contributed by atoms with van der Waals surface area (Å²) in [7, 11) is 1.87. The van der Waals surface area contributed by atoms with E-state index in [0.717, 1.165) is 5.82 Å². The fraction of sp³-hybridized carbons (Fsp3) is 0.167. The molecule has 4 heteroatoms. The molecule has 0 bridgehead atoms. The lowest BCUT2D eigenvalue weighted by Gasteiger charge is -2.02. The third-order valence-corrected chi connectivity index (χ3v) is 2.47. The maximum atomic E-state index is 11.9. The Bertz CT molecular complexity index is 499. The zero-order chi connectivity index (χ0) is 11.5. The second-order valence-electron chi connectivity index (χ2n) is 3.68. The molecule has 0 radical (unpaired) electrons. The smallest absolute Gasteiger partial charge is 0.170 e. The molecule has 0 spiro atoms. The van der Waals surface area contributed by atoms with Gasteiger partial charge in [0.1, 0.15) is 5.82 Å². The van der Waals surface area contributed by atoms with Gasteiger partial charge in [-0.2, -0.15) is 0 Å². The van der Waals surface area contributed by atoms with E-state index in [1.54, 1.807) is 30.5 Å². The number of nitrogens with zero attached hydrogens (tertiary/aromatic N) is 2. The second kappa shape index (κ2) is 4.18. The van der Waals surface area contributed by atoms with Crippen molar-refractivity contribution in [3.8, 4) is 0 Å². The van der Waals surface area contributed by atoms with E-state index >= 15 is 0 Å². The summed E-state index contributed by atoms with van der Waals surface area (Å²) in [5, 5.41) is 0. The molecule has 0 saturated heterocycles. The van der Waals surface area contributed by atoms with Crippen molar-refractivity contribution in [1.29, 1.82) is 0 Å². The third kappa shape index (κ3) is 2.11. The van der Waals surface area contributed by atoms with E-state index in [1.165, 1.54) is 0 Å². The number of imidazole rings is 1. The summed E-state index contributed by atoms with van der Waals surface area (Å²) in [5.41, 5.74) is 6.88. The minimum Gasteiger partial charge on any atom is -0.399 e. The van der Waals surface area contributed by atoms with Crippen molar-refractivity contribution < 1.29 is 4.79 Å². The van der Waals surface area contributed by atoms with Crippen molar-refractivity contribution >= 4 is 11.5 Å². The summed E-state index contributed by atoms with van der Waals surface area (Å²) >= 11 is 0. The number of ketones is 1. The van der Waals surface area contributed by atoms with Crippen LogP contribution in [0.15, 0.2) is 36.7 Å². The predicted octanol–water partition coefficient (Wildman–Crippen LogP) is 1.43. The Morgan fingerprint density at radius 1 is 1.38 bits per heavy atom. The molecule has 82 valence electrons. The van der Waals surface area contributed by atoms with E-state index in [9.17, 15) is 4.79 Å². The van der Waals surface area contributed by atoms with Crippen LogP contribution in [0.2, 0.25) is 0 Å². The van der Waals surface area contributed by atoms with Crippen LogP contribution in [0.3, 0.4) is 0 Å². The average molecular weight is 215 g/mol. The molecule has 0 unspecified atom stereocenters. The van der Waals surface area contributed by atoms with Crippen molar-refractivity contribution in [3.05, 3.63) is 48.0 Å². The Balaban J connectivity index is 2.15. The molecule has 2 aromatic rings. The SMILES string of the molecule is Cn1ccnc1CC(=O)c1ccc(N)cc1. The van der Waals surface area contributed by atoms with Crippen LogP contribution in [-0.2, 0) is 13.5 Å². The lowest BCUT2D eigenvalue weighted by atomic mass is 10.1. The van der Waals surface area contributed by atoms with E-state index in [-0.39, 0.29) is 5.78 Å². The number of Topliss-reactive ketones (excluding diaryl/α,β-unsaturated/α-hetero) is 1. The lowest BCUT2D eigenvalue weighted by Crippen LogP contribution is -2.08. The summed E-state index contributed by atoms with van der Waals surface area (Å²) in [4.78, 5) is 16.0. The Kier molecular flexibility index (Phi) is 2.72. The molecule has 0 saturated carbocycles. The van der Waals surface area contributed by atoms with Crippen LogP contribution in [0.1, 0.15) is 16.2 Å². The van der Waals surface area contributed by atoms with Gasteiger partial charge in [0.05, 0.1) is 6.42 Å². The standard InChI is InChI=1S/C12H13N3O/c1-15-7-6-14-12(15)8-11(16)9-2-4-10(13)5-3-9/h2-7H,8,13H2,1H3. The highest BCUT2D eigenvalue weighted by Crippen LogP contribution is 2.08. The molecule has 0 amide bonds. The maximum absolute atomic E-state index is 11.9. The minimum absolute atomic E-state index is 0.0503. The fourth-order valence-corrected chi connectivity index (χ4v) is 1.48. The van der Waals surface area contributed by atoms with Crippen LogP contribution in [-0.4, -0.2) is 15.3 Å². The first kappa shape index (κ1) is 10.4. The van der Waals surface area contributed by atoms with Crippen LogP contribution in [0.5, 0.6) is 0 Å². The number of aromatic nitrogens is 2. The van der Waals surface area contributed by atoms with Crippen molar-refractivity contribution in [2.24, 2.45) is 7.05 Å². The number of nitrogens with two attached hydrogens (primary N) is 1. The Morgan fingerprint density at radius 3 is 2.62 bits per heavy atom. The molecule has 0 aliphatic carbocycles. The van der Waals surface area contributed by atoms with Crippen LogP contribution < -0.4 is 5.73 Å². The number of nitrogen functional groups attached to an aromatic ring is 1. The Labute approximate surface area is 93.7 Å². The molecular weight excluding hydrogens is 202 g/mol. The average Bonchev–Trinajstić information content (AvgIpc) is 2.65. The number of carbonyl (C=O) groups excluding carboxylic acids is 1. The summed E-state index contributed by atoms with van der Waals surface area (Å²) in [6.45, 7) is 0. The Hall–Kier alpha value is -2.10. The van der Waals surface area contributed by atoms with Gasteiger partial charge in [-0.25, -0.2) is 4.98 Å².